The summed E-state index contributed by atoms with van der Waals surface area (Å²) in [5.74, 6) is 0.574. The SMILES string of the molecule is C=CCOc1c(Br)cc(/C=C(\C#N)C(=O)NCc2ccccc2)cc1OC. The maximum atomic E-state index is 12.3. The molecule has 0 spiro atoms. The summed E-state index contributed by atoms with van der Waals surface area (Å²) in [5.41, 5.74) is 1.59. The van der Waals surface area contributed by atoms with Crippen LogP contribution >= 0.6 is 15.9 Å². The normalized spacial score (nSPS) is 10.6. The van der Waals surface area contributed by atoms with E-state index in [9.17, 15) is 10.1 Å². The van der Waals surface area contributed by atoms with E-state index >= 15 is 0 Å². The molecule has 2 rings (SSSR count). The zero-order valence-corrected chi connectivity index (χ0v) is 16.5. The molecule has 6 heteroatoms. The number of rotatable bonds is 8. The van der Waals surface area contributed by atoms with E-state index in [-0.39, 0.29) is 5.57 Å². The van der Waals surface area contributed by atoms with E-state index in [4.69, 9.17) is 9.47 Å². The fourth-order valence-corrected chi connectivity index (χ4v) is 2.87. The quantitative estimate of drug-likeness (QED) is 0.389. The average molecular weight is 427 g/mol. The Morgan fingerprint density at radius 3 is 2.70 bits per heavy atom. The molecule has 0 fully saturated rings. The van der Waals surface area contributed by atoms with Gasteiger partial charge >= 0.3 is 0 Å². The van der Waals surface area contributed by atoms with Crippen LogP contribution in [0, 0.1) is 11.3 Å². The number of nitriles is 1. The molecular weight excluding hydrogens is 408 g/mol. The van der Waals surface area contributed by atoms with Gasteiger partial charge in [0.15, 0.2) is 11.5 Å². The van der Waals surface area contributed by atoms with Crippen LogP contribution in [-0.4, -0.2) is 19.6 Å². The van der Waals surface area contributed by atoms with Gasteiger partial charge in [0.1, 0.15) is 18.2 Å². The molecular formula is C21H19BrN2O3. The van der Waals surface area contributed by atoms with Gasteiger partial charge in [0, 0.05) is 6.54 Å². The molecule has 0 aliphatic carbocycles. The summed E-state index contributed by atoms with van der Waals surface area (Å²) in [6.07, 6.45) is 3.13. The highest BCUT2D eigenvalue weighted by atomic mass is 79.9. The molecule has 0 heterocycles. The van der Waals surface area contributed by atoms with Crippen molar-refractivity contribution in [3.8, 4) is 17.6 Å². The third kappa shape index (κ3) is 5.73. The standard InChI is InChI=1S/C21H19BrN2O3/c1-3-9-27-20-18(22)11-16(12-19(20)26-2)10-17(13-23)21(25)24-14-15-7-5-4-6-8-15/h3-8,10-12H,1,9,14H2,2H3,(H,24,25)/b17-10+. The van der Waals surface area contributed by atoms with Crippen molar-refractivity contribution in [1.29, 1.82) is 5.26 Å². The van der Waals surface area contributed by atoms with Crippen molar-refractivity contribution in [2.45, 2.75) is 6.54 Å². The predicted molar refractivity (Wildman–Crippen MR) is 108 cm³/mol. The first-order valence-electron chi connectivity index (χ1n) is 8.14. The molecule has 0 saturated heterocycles. The zero-order valence-electron chi connectivity index (χ0n) is 14.9. The lowest BCUT2D eigenvalue weighted by atomic mass is 10.1. The monoisotopic (exact) mass is 426 g/mol. The molecule has 0 radical (unpaired) electrons. The fraction of sp³-hybridized carbons (Fsp3) is 0.143. The van der Waals surface area contributed by atoms with Crippen molar-refractivity contribution < 1.29 is 14.3 Å². The molecule has 0 aromatic heterocycles. The first-order valence-corrected chi connectivity index (χ1v) is 8.93. The van der Waals surface area contributed by atoms with Gasteiger partial charge in [-0.05, 0) is 45.3 Å². The largest absolute Gasteiger partial charge is 0.493 e. The summed E-state index contributed by atoms with van der Waals surface area (Å²) in [6, 6.07) is 14.9. The number of halogens is 1. The maximum Gasteiger partial charge on any atom is 0.262 e. The van der Waals surface area contributed by atoms with E-state index in [1.54, 1.807) is 18.2 Å². The second-order valence-corrected chi connectivity index (χ2v) is 6.33. The Morgan fingerprint density at radius 1 is 1.33 bits per heavy atom. The zero-order chi connectivity index (χ0) is 19.6. The lowest BCUT2D eigenvalue weighted by molar-refractivity contribution is -0.117. The molecule has 0 saturated carbocycles. The van der Waals surface area contributed by atoms with Crippen LogP contribution in [0.25, 0.3) is 6.08 Å². The van der Waals surface area contributed by atoms with Crippen LogP contribution in [0.4, 0.5) is 0 Å². The van der Waals surface area contributed by atoms with E-state index < -0.39 is 5.91 Å². The predicted octanol–water partition coefficient (Wildman–Crippen LogP) is 4.25. The first kappa shape index (κ1) is 20.3. The van der Waals surface area contributed by atoms with Crippen LogP contribution < -0.4 is 14.8 Å². The molecule has 5 nitrogen and oxygen atoms in total. The Morgan fingerprint density at radius 2 is 2.07 bits per heavy atom. The van der Waals surface area contributed by atoms with Crippen LogP contribution in [-0.2, 0) is 11.3 Å². The number of nitrogens with zero attached hydrogens (tertiary/aromatic N) is 1. The van der Waals surface area contributed by atoms with Crippen LogP contribution in [0.15, 0.2) is 65.2 Å². The van der Waals surface area contributed by atoms with Gasteiger partial charge < -0.3 is 14.8 Å². The topological polar surface area (TPSA) is 71.3 Å². The maximum absolute atomic E-state index is 12.3. The molecule has 2 aromatic rings. The van der Waals surface area contributed by atoms with Gasteiger partial charge in [-0.3, -0.25) is 4.79 Å². The van der Waals surface area contributed by atoms with Crippen molar-refractivity contribution in [1.82, 2.24) is 5.32 Å². The smallest absolute Gasteiger partial charge is 0.262 e. The molecule has 2 aromatic carbocycles. The number of hydrogen-bond donors (Lipinski definition) is 1. The fourth-order valence-electron chi connectivity index (χ4n) is 2.29. The number of hydrogen-bond acceptors (Lipinski definition) is 4. The first-order chi connectivity index (χ1) is 13.1. The number of carbonyl (C=O) groups excluding carboxylic acids is 1. The highest BCUT2D eigenvalue weighted by molar-refractivity contribution is 9.10. The highest BCUT2D eigenvalue weighted by Crippen LogP contribution is 2.37. The second-order valence-electron chi connectivity index (χ2n) is 5.47. The molecule has 0 aliphatic heterocycles. The van der Waals surface area contributed by atoms with Crippen LogP contribution in [0.5, 0.6) is 11.5 Å². The average Bonchev–Trinajstić information content (AvgIpc) is 2.69. The van der Waals surface area contributed by atoms with Crippen LogP contribution in [0.3, 0.4) is 0 Å². The lowest BCUT2D eigenvalue weighted by Crippen LogP contribution is -2.23. The summed E-state index contributed by atoms with van der Waals surface area (Å²) >= 11 is 3.43. The third-order valence-corrected chi connectivity index (χ3v) is 4.16. The van der Waals surface area contributed by atoms with Gasteiger partial charge in [-0.2, -0.15) is 5.26 Å². The lowest BCUT2D eigenvalue weighted by Gasteiger charge is -2.12. The summed E-state index contributed by atoms with van der Waals surface area (Å²) in [4.78, 5) is 12.3. The molecule has 0 aliphatic rings. The molecule has 1 amide bonds. The minimum Gasteiger partial charge on any atom is -0.493 e. The Balaban J connectivity index is 2.20. The Kier molecular flexibility index (Phi) is 7.65. The summed E-state index contributed by atoms with van der Waals surface area (Å²) < 4.78 is 11.6. The van der Waals surface area contributed by atoms with E-state index in [2.05, 4.69) is 27.8 Å². The number of carbonyl (C=O) groups is 1. The summed E-state index contributed by atoms with van der Waals surface area (Å²) in [7, 11) is 1.52. The molecule has 138 valence electrons. The molecule has 0 unspecified atom stereocenters. The van der Waals surface area contributed by atoms with Crippen molar-refractivity contribution in [2.24, 2.45) is 0 Å². The summed E-state index contributed by atoms with van der Waals surface area (Å²) in [5, 5.41) is 12.1. The minimum absolute atomic E-state index is 0.000330. The van der Waals surface area contributed by atoms with Gasteiger partial charge in [-0.15, -0.1) is 0 Å². The van der Waals surface area contributed by atoms with Gasteiger partial charge in [-0.25, -0.2) is 0 Å². The van der Waals surface area contributed by atoms with Crippen LogP contribution in [0.1, 0.15) is 11.1 Å². The van der Waals surface area contributed by atoms with Gasteiger partial charge in [0.2, 0.25) is 0 Å². The van der Waals surface area contributed by atoms with E-state index in [0.717, 1.165) is 5.56 Å². The van der Waals surface area contributed by atoms with E-state index in [0.29, 0.717) is 34.7 Å². The van der Waals surface area contributed by atoms with E-state index in [1.165, 1.54) is 13.2 Å². The number of nitrogens with one attached hydrogen (secondary N) is 1. The number of benzene rings is 2. The number of ether oxygens (including phenoxy) is 2. The van der Waals surface area contributed by atoms with E-state index in [1.807, 2.05) is 36.4 Å². The number of methoxy groups -OCH3 is 1. The van der Waals surface area contributed by atoms with Crippen molar-refractivity contribution in [2.75, 3.05) is 13.7 Å². The Hall–Kier alpha value is -3.04. The van der Waals surface area contributed by atoms with Gasteiger partial charge in [0.25, 0.3) is 5.91 Å². The van der Waals surface area contributed by atoms with Crippen LogP contribution in [0.2, 0.25) is 0 Å². The van der Waals surface area contributed by atoms with Crippen molar-refractivity contribution in [3.05, 3.63) is 76.3 Å². The van der Waals surface area contributed by atoms with Gasteiger partial charge in [0.05, 0.1) is 11.6 Å². The van der Waals surface area contributed by atoms with Crippen molar-refractivity contribution in [3.63, 3.8) is 0 Å². The number of amides is 1. The second kappa shape index (κ2) is 10.2. The molecule has 0 atom stereocenters. The summed E-state index contributed by atoms with van der Waals surface area (Å²) in [6.45, 7) is 4.29. The molecule has 1 N–H and O–H groups in total. The Bertz CT molecular complexity index is 886. The van der Waals surface area contributed by atoms with Crippen molar-refractivity contribution >= 4 is 27.9 Å². The van der Waals surface area contributed by atoms with Gasteiger partial charge in [-0.1, -0.05) is 43.0 Å². The third-order valence-electron chi connectivity index (χ3n) is 3.57. The minimum atomic E-state index is -0.441. The molecule has 27 heavy (non-hydrogen) atoms. The molecule has 0 bridgehead atoms. The highest BCUT2D eigenvalue weighted by Gasteiger charge is 2.13. The Labute approximate surface area is 167 Å².